The number of ether oxygens (including phenoxy) is 3. The molecular formula is C24H25NO5. The van der Waals surface area contributed by atoms with E-state index in [-0.39, 0.29) is 35.9 Å². The van der Waals surface area contributed by atoms with Crippen molar-refractivity contribution in [1.29, 1.82) is 0 Å². The first-order valence-corrected chi connectivity index (χ1v) is 10.0. The van der Waals surface area contributed by atoms with E-state index in [1.807, 2.05) is 47.4 Å². The highest BCUT2D eigenvalue weighted by molar-refractivity contribution is 6.22. The van der Waals surface area contributed by atoms with Crippen molar-refractivity contribution in [3.63, 3.8) is 0 Å². The van der Waals surface area contributed by atoms with Crippen molar-refractivity contribution < 1.29 is 23.8 Å². The molecule has 1 saturated heterocycles. The van der Waals surface area contributed by atoms with E-state index in [2.05, 4.69) is 0 Å². The van der Waals surface area contributed by atoms with E-state index in [0.29, 0.717) is 37.1 Å². The molecule has 1 aliphatic carbocycles. The van der Waals surface area contributed by atoms with Gasteiger partial charge in [0, 0.05) is 31.4 Å². The zero-order valence-electron chi connectivity index (χ0n) is 17.2. The van der Waals surface area contributed by atoms with Crippen molar-refractivity contribution in [3.05, 3.63) is 71.1 Å². The first-order chi connectivity index (χ1) is 14.6. The Morgan fingerprint density at radius 3 is 2.40 bits per heavy atom. The molecule has 2 aromatic rings. The maximum Gasteiger partial charge on any atom is 0.204 e. The van der Waals surface area contributed by atoms with Crippen LogP contribution in [0.15, 0.2) is 60.0 Å². The third kappa shape index (κ3) is 3.90. The average molecular weight is 407 g/mol. The van der Waals surface area contributed by atoms with E-state index >= 15 is 0 Å². The molecule has 0 N–H and O–H groups in total. The van der Waals surface area contributed by atoms with Crippen LogP contribution in [-0.2, 0) is 20.9 Å². The topological polar surface area (TPSA) is 65.1 Å². The minimum atomic E-state index is -0.223. The SMILES string of the molecule is COc1ccc(C2CC(=O)C(=C3OCCN3Cc3ccccc3)C(=O)C2)c(OC)c1. The van der Waals surface area contributed by atoms with Crippen LogP contribution in [0.2, 0.25) is 0 Å². The molecule has 156 valence electrons. The van der Waals surface area contributed by atoms with Gasteiger partial charge in [-0.2, -0.15) is 0 Å². The molecule has 6 nitrogen and oxygen atoms in total. The number of carbonyl (C=O) groups is 2. The summed E-state index contributed by atoms with van der Waals surface area (Å²) in [6, 6.07) is 15.4. The molecule has 0 amide bonds. The monoisotopic (exact) mass is 407 g/mol. The van der Waals surface area contributed by atoms with Crippen molar-refractivity contribution in [2.75, 3.05) is 27.4 Å². The normalized spacial score (nSPS) is 19.1. The summed E-state index contributed by atoms with van der Waals surface area (Å²) in [5.41, 5.74) is 2.15. The zero-order chi connectivity index (χ0) is 21.1. The fourth-order valence-corrected chi connectivity index (χ4v) is 4.12. The summed E-state index contributed by atoms with van der Waals surface area (Å²) < 4.78 is 16.5. The van der Waals surface area contributed by atoms with E-state index in [1.54, 1.807) is 20.3 Å². The Balaban J connectivity index is 1.58. The van der Waals surface area contributed by atoms with Crippen LogP contribution in [-0.4, -0.2) is 43.8 Å². The summed E-state index contributed by atoms with van der Waals surface area (Å²) in [5, 5.41) is 0. The number of methoxy groups -OCH3 is 2. The number of ketones is 2. The number of benzene rings is 2. The lowest BCUT2D eigenvalue weighted by molar-refractivity contribution is -0.125. The van der Waals surface area contributed by atoms with Crippen molar-refractivity contribution in [3.8, 4) is 11.5 Å². The first kappa shape index (κ1) is 20.0. The maximum absolute atomic E-state index is 13.0. The van der Waals surface area contributed by atoms with Gasteiger partial charge in [0.2, 0.25) is 5.88 Å². The van der Waals surface area contributed by atoms with Gasteiger partial charge in [-0.1, -0.05) is 36.4 Å². The fourth-order valence-electron chi connectivity index (χ4n) is 4.12. The summed E-state index contributed by atoms with van der Waals surface area (Å²) in [6.45, 7) is 1.74. The van der Waals surface area contributed by atoms with Gasteiger partial charge in [0.05, 0.1) is 20.8 Å². The van der Waals surface area contributed by atoms with Gasteiger partial charge in [0.1, 0.15) is 23.7 Å². The lowest BCUT2D eigenvalue weighted by Gasteiger charge is -2.26. The molecule has 0 spiro atoms. The van der Waals surface area contributed by atoms with Crippen LogP contribution < -0.4 is 9.47 Å². The maximum atomic E-state index is 13.0. The second-order valence-electron chi connectivity index (χ2n) is 7.50. The molecule has 0 radical (unpaired) electrons. The Morgan fingerprint density at radius 1 is 1.00 bits per heavy atom. The van der Waals surface area contributed by atoms with Crippen molar-refractivity contribution >= 4 is 11.6 Å². The number of Topliss-reactive ketones (excluding diaryl/α,β-unsaturated/α-hetero) is 2. The summed E-state index contributed by atoms with van der Waals surface area (Å²) in [7, 11) is 3.16. The molecule has 0 aromatic heterocycles. The predicted octanol–water partition coefficient (Wildman–Crippen LogP) is 3.46. The molecule has 30 heavy (non-hydrogen) atoms. The van der Waals surface area contributed by atoms with E-state index in [4.69, 9.17) is 14.2 Å². The van der Waals surface area contributed by atoms with Gasteiger partial charge in [0.25, 0.3) is 0 Å². The summed E-state index contributed by atoms with van der Waals surface area (Å²) >= 11 is 0. The van der Waals surface area contributed by atoms with E-state index in [9.17, 15) is 9.59 Å². The third-order valence-electron chi connectivity index (χ3n) is 5.62. The number of hydrogen-bond donors (Lipinski definition) is 0. The number of hydrogen-bond acceptors (Lipinski definition) is 6. The van der Waals surface area contributed by atoms with Gasteiger partial charge in [-0.05, 0) is 17.2 Å². The van der Waals surface area contributed by atoms with Crippen LogP contribution in [0.3, 0.4) is 0 Å². The zero-order valence-corrected chi connectivity index (χ0v) is 17.2. The minimum Gasteiger partial charge on any atom is -0.497 e. The van der Waals surface area contributed by atoms with Crippen LogP contribution in [0.4, 0.5) is 0 Å². The molecular weight excluding hydrogens is 382 g/mol. The lowest BCUT2D eigenvalue weighted by Crippen LogP contribution is -2.30. The molecule has 2 fully saturated rings. The van der Waals surface area contributed by atoms with Gasteiger partial charge in [-0.25, -0.2) is 0 Å². The molecule has 0 unspecified atom stereocenters. The Labute approximate surface area is 176 Å². The second-order valence-corrected chi connectivity index (χ2v) is 7.50. The van der Waals surface area contributed by atoms with Crippen molar-refractivity contribution in [2.45, 2.75) is 25.3 Å². The van der Waals surface area contributed by atoms with Gasteiger partial charge < -0.3 is 19.1 Å². The van der Waals surface area contributed by atoms with Crippen LogP contribution >= 0.6 is 0 Å². The van der Waals surface area contributed by atoms with Crippen LogP contribution in [0.1, 0.15) is 29.9 Å². The van der Waals surface area contributed by atoms with Crippen LogP contribution in [0.25, 0.3) is 0 Å². The molecule has 1 heterocycles. The highest BCUT2D eigenvalue weighted by Gasteiger charge is 2.38. The lowest BCUT2D eigenvalue weighted by atomic mass is 9.79. The highest BCUT2D eigenvalue weighted by atomic mass is 16.5. The van der Waals surface area contributed by atoms with Gasteiger partial charge in [-0.15, -0.1) is 0 Å². The third-order valence-corrected chi connectivity index (χ3v) is 5.62. The molecule has 0 atom stereocenters. The summed E-state index contributed by atoms with van der Waals surface area (Å²) in [6.07, 6.45) is 0.492. The minimum absolute atomic E-state index is 0.177. The molecule has 4 rings (SSSR count). The van der Waals surface area contributed by atoms with Crippen LogP contribution in [0.5, 0.6) is 11.5 Å². The Hall–Kier alpha value is -3.28. The van der Waals surface area contributed by atoms with Crippen molar-refractivity contribution in [2.24, 2.45) is 0 Å². The average Bonchev–Trinajstić information content (AvgIpc) is 3.21. The number of allylic oxidation sites excluding steroid dienone is 1. The second kappa shape index (κ2) is 8.61. The van der Waals surface area contributed by atoms with E-state index in [1.165, 1.54) is 0 Å². The molecule has 1 saturated carbocycles. The Bertz CT molecular complexity index is 962. The molecule has 0 bridgehead atoms. The first-order valence-electron chi connectivity index (χ1n) is 10.0. The largest absolute Gasteiger partial charge is 0.497 e. The number of rotatable bonds is 5. The molecule has 1 aliphatic heterocycles. The van der Waals surface area contributed by atoms with E-state index < -0.39 is 0 Å². The Morgan fingerprint density at radius 2 is 1.73 bits per heavy atom. The molecule has 2 aliphatic rings. The van der Waals surface area contributed by atoms with Crippen LogP contribution in [0, 0.1) is 0 Å². The Kier molecular flexibility index (Phi) is 5.74. The van der Waals surface area contributed by atoms with Gasteiger partial charge in [0.15, 0.2) is 11.6 Å². The molecule has 2 aromatic carbocycles. The summed E-state index contributed by atoms with van der Waals surface area (Å²) in [5.74, 6) is 1.14. The van der Waals surface area contributed by atoms with E-state index in [0.717, 1.165) is 11.1 Å². The standard InChI is InChI=1S/C24H25NO5/c1-28-18-8-9-19(22(14-18)29-2)17-12-20(26)23(21(27)13-17)24-25(10-11-30-24)15-16-6-4-3-5-7-16/h3-9,14,17H,10-13,15H2,1-2H3. The summed E-state index contributed by atoms with van der Waals surface area (Å²) in [4.78, 5) is 28.1. The van der Waals surface area contributed by atoms with Gasteiger partial charge >= 0.3 is 0 Å². The highest BCUT2D eigenvalue weighted by Crippen LogP contribution is 2.39. The molecule has 6 heteroatoms. The van der Waals surface area contributed by atoms with Crippen molar-refractivity contribution in [1.82, 2.24) is 4.90 Å². The quantitative estimate of drug-likeness (QED) is 0.559. The predicted molar refractivity (Wildman–Crippen MR) is 111 cm³/mol. The smallest absolute Gasteiger partial charge is 0.204 e. The van der Waals surface area contributed by atoms with Gasteiger partial charge in [-0.3, -0.25) is 9.59 Å². The number of carbonyl (C=O) groups excluding carboxylic acids is 2. The number of nitrogens with zero attached hydrogens (tertiary/aromatic N) is 1. The fraction of sp³-hybridized carbons (Fsp3) is 0.333.